The fourth-order valence-corrected chi connectivity index (χ4v) is 2.66. The summed E-state index contributed by atoms with van der Waals surface area (Å²) in [6.45, 7) is 2.20. The van der Waals surface area contributed by atoms with Gasteiger partial charge in [-0.15, -0.1) is 11.3 Å². The third-order valence-electron chi connectivity index (χ3n) is 3.16. The summed E-state index contributed by atoms with van der Waals surface area (Å²) in [5.74, 6) is -0.712. The van der Waals surface area contributed by atoms with E-state index in [9.17, 15) is 9.59 Å². The van der Waals surface area contributed by atoms with E-state index in [0.717, 1.165) is 17.8 Å². The molecule has 1 aromatic heterocycles. The standard InChI is InChI=1S/C17H20N2O3S/c1-13-19-15(12-23-13)10-17(21)22-11-16(20)18-9-5-8-14-6-3-2-4-7-14/h2-4,6-7,12H,5,8-11H2,1H3,(H,18,20). The number of ether oxygens (including phenoxy) is 1. The van der Waals surface area contributed by atoms with E-state index >= 15 is 0 Å². The smallest absolute Gasteiger partial charge is 0.312 e. The number of benzene rings is 1. The van der Waals surface area contributed by atoms with Crippen molar-refractivity contribution in [3.05, 3.63) is 52.0 Å². The molecule has 0 aliphatic carbocycles. The SMILES string of the molecule is Cc1nc(CC(=O)OCC(=O)NCCCc2ccccc2)cs1. The second kappa shape index (κ2) is 9.05. The van der Waals surface area contributed by atoms with Crippen LogP contribution in [0.1, 0.15) is 22.7 Å². The molecule has 5 nitrogen and oxygen atoms in total. The van der Waals surface area contributed by atoms with Crippen LogP contribution >= 0.6 is 11.3 Å². The van der Waals surface area contributed by atoms with Gasteiger partial charge in [-0.1, -0.05) is 30.3 Å². The normalized spacial score (nSPS) is 10.3. The molecule has 0 aliphatic heterocycles. The summed E-state index contributed by atoms with van der Waals surface area (Å²) >= 11 is 1.48. The van der Waals surface area contributed by atoms with Gasteiger partial charge in [0.15, 0.2) is 6.61 Å². The average Bonchev–Trinajstić information content (AvgIpc) is 2.95. The minimum Gasteiger partial charge on any atom is -0.455 e. The van der Waals surface area contributed by atoms with Crippen molar-refractivity contribution in [2.45, 2.75) is 26.2 Å². The van der Waals surface area contributed by atoms with Gasteiger partial charge in [0.2, 0.25) is 0 Å². The summed E-state index contributed by atoms with van der Waals surface area (Å²) < 4.78 is 4.95. The number of aryl methyl sites for hydroxylation is 2. The van der Waals surface area contributed by atoms with Gasteiger partial charge in [-0.3, -0.25) is 9.59 Å². The maximum Gasteiger partial charge on any atom is 0.312 e. The molecule has 0 saturated carbocycles. The van der Waals surface area contributed by atoms with Gasteiger partial charge in [-0.25, -0.2) is 4.98 Å². The van der Waals surface area contributed by atoms with Crippen molar-refractivity contribution in [3.63, 3.8) is 0 Å². The second-order valence-corrected chi connectivity index (χ2v) is 6.20. The van der Waals surface area contributed by atoms with E-state index in [1.165, 1.54) is 16.9 Å². The predicted octanol–water partition coefficient (Wildman–Crippen LogP) is 2.29. The summed E-state index contributed by atoms with van der Waals surface area (Å²) in [6, 6.07) is 10.1. The van der Waals surface area contributed by atoms with Crippen LogP contribution in [0, 0.1) is 6.92 Å². The number of hydrogen-bond donors (Lipinski definition) is 1. The van der Waals surface area contributed by atoms with Crippen molar-refractivity contribution in [1.29, 1.82) is 0 Å². The molecular formula is C17H20N2O3S. The molecular weight excluding hydrogens is 312 g/mol. The van der Waals surface area contributed by atoms with E-state index in [1.54, 1.807) is 0 Å². The van der Waals surface area contributed by atoms with Gasteiger partial charge in [0, 0.05) is 11.9 Å². The lowest BCUT2D eigenvalue weighted by Crippen LogP contribution is -2.30. The third-order valence-corrected chi connectivity index (χ3v) is 3.99. The summed E-state index contributed by atoms with van der Waals surface area (Å²) in [5.41, 5.74) is 1.92. The van der Waals surface area contributed by atoms with Crippen molar-refractivity contribution in [3.8, 4) is 0 Å². The molecule has 0 saturated heterocycles. The highest BCUT2D eigenvalue weighted by atomic mass is 32.1. The molecule has 0 atom stereocenters. The molecule has 2 aromatic rings. The lowest BCUT2D eigenvalue weighted by Gasteiger charge is -2.06. The van der Waals surface area contributed by atoms with Crippen molar-refractivity contribution in [1.82, 2.24) is 10.3 Å². The van der Waals surface area contributed by atoms with Gasteiger partial charge < -0.3 is 10.1 Å². The number of amides is 1. The topological polar surface area (TPSA) is 68.3 Å². The van der Waals surface area contributed by atoms with E-state index in [4.69, 9.17) is 4.74 Å². The molecule has 0 spiro atoms. The summed E-state index contributed by atoms with van der Waals surface area (Å²) in [7, 11) is 0. The highest BCUT2D eigenvalue weighted by Gasteiger charge is 2.10. The zero-order chi connectivity index (χ0) is 16.5. The highest BCUT2D eigenvalue weighted by Crippen LogP contribution is 2.08. The number of thiazole rings is 1. The monoisotopic (exact) mass is 332 g/mol. The molecule has 23 heavy (non-hydrogen) atoms. The quantitative estimate of drug-likeness (QED) is 0.595. The molecule has 0 unspecified atom stereocenters. The lowest BCUT2D eigenvalue weighted by molar-refractivity contribution is -0.147. The van der Waals surface area contributed by atoms with Crippen LogP contribution in [0.2, 0.25) is 0 Å². The second-order valence-electron chi connectivity index (χ2n) is 5.13. The Kier molecular flexibility index (Phi) is 6.75. The third kappa shape index (κ3) is 6.61. The molecule has 1 N–H and O–H groups in total. The van der Waals surface area contributed by atoms with Crippen molar-refractivity contribution >= 4 is 23.2 Å². The largest absolute Gasteiger partial charge is 0.455 e. The van der Waals surface area contributed by atoms with Gasteiger partial charge >= 0.3 is 5.97 Å². The van der Waals surface area contributed by atoms with Gasteiger partial charge in [0.05, 0.1) is 17.1 Å². The Morgan fingerprint density at radius 2 is 2.04 bits per heavy atom. The van der Waals surface area contributed by atoms with Gasteiger partial charge in [0.25, 0.3) is 5.91 Å². The summed E-state index contributed by atoms with van der Waals surface area (Å²) in [6.07, 6.45) is 1.86. The predicted molar refractivity (Wildman–Crippen MR) is 89.3 cm³/mol. The molecule has 0 bridgehead atoms. The van der Waals surface area contributed by atoms with Crippen molar-refractivity contribution < 1.29 is 14.3 Å². The number of hydrogen-bond acceptors (Lipinski definition) is 5. The van der Waals surface area contributed by atoms with Crippen molar-refractivity contribution in [2.75, 3.05) is 13.2 Å². The van der Waals surface area contributed by atoms with E-state index in [-0.39, 0.29) is 18.9 Å². The molecule has 0 aliphatic rings. The lowest BCUT2D eigenvalue weighted by atomic mass is 10.1. The van der Waals surface area contributed by atoms with E-state index < -0.39 is 5.97 Å². The minimum absolute atomic E-state index is 0.103. The van der Waals surface area contributed by atoms with E-state index in [1.807, 2.05) is 30.5 Å². The van der Waals surface area contributed by atoms with E-state index in [0.29, 0.717) is 12.2 Å². The number of carbonyl (C=O) groups excluding carboxylic acids is 2. The Morgan fingerprint density at radius 1 is 1.26 bits per heavy atom. The number of carbonyl (C=O) groups is 2. The molecule has 122 valence electrons. The number of nitrogens with one attached hydrogen (secondary N) is 1. The van der Waals surface area contributed by atoms with Crippen LogP contribution < -0.4 is 5.32 Å². The highest BCUT2D eigenvalue weighted by molar-refractivity contribution is 7.09. The molecule has 0 fully saturated rings. The van der Waals surface area contributed by atoms with Crippen LogP contribution in [-0.4, -0.2) is 30.0 Å². The van der Waals surface area contributed by atoms with Crippen LogP contribution in [0.5, 0.6) is 0 Å². The average molecular weight is 332 g/mol. The number of nitrogens with zero attached hydrogens (tertiary/aromatic N) is 1. The first-order valence-corrected chi connectivity index (χ1v) is 8.38. The Hall–Kier alpha value is -2.21. The molecule has 0 radical (unpaired) electrons. The zero-order valence-corrected chi connectivity index (χ0v) is 13.9. The summed E-state index contributed by atoms with van der Waals surface area (Å²) in [5, 5.41) is 5.47. The Bertz CT molecular complexity index is 640. The number of rotatable bonds is 8. The van der Waals surface area contributed by atoms with Crippen LogP contribution in [0.15, 0.2) is 35.7 Å². The van der Waals surface area contributed by atoms with Gasteiger partial charge in [-0.05, 0) is 25.3 Å². The van der Waals surface area contributed by atoms with Crippen LogP contribution in [0.4, 0.5) is 0 Å². The Labute approximate surface area is 139 Å². The summed E-state index contributed by atoms with van der Waals surface area (Å²) in [4.78, 5) is 27.4. The van der Waals surface area contributed by atoms with E-state index in [2.05, 4.69) is 22.4 Å². The fraction of sp³-hybridized carbons (Fsp3) is 0.353. The first-order chi connectivity index (χ1) is 11.1. The molecule has 1 amide bonds. The first kappa shape index (κ1) is 17.1. The number of esters is 1. The molecule has 6 heteroatoms. The number of aromatic nitrogens is 1. The molecule has 1 heterocycles. The minimum atomic E-state index is -0.435. The zero-order valence-electron chi connectivity index (χ0n) is 13.1. The Balaban J connectivity index is 1.57. The molecule has 1 aromatic carbocycles. The van der Waals surface area contributed by atoms with Crippen LogP contribution in [0.25, 0.3) is 0 Å². The Morgan fingerprint density at radius 3 is 2.74 bits per heavy atom. The van der Waals surface area contributed by atoms with Crippen molar-refractivity contribution in [2.24, 2.45) is 0 Å². The molecule has 2 rings (SSSR count). The van der Waals surface area contributed by atoms with Crippen LogP contribution in [-0.2, 0) is 27.2 Å². The fourth-order valence-electron chi connectivity index (χ4n) is 2.05. The maximum atomic E-state index is 11.6. The first-order valence-electron chi connectivity index (χ1n) is 7.51. The van der Waals surface area contributed by atoms with Gasteiger partial charge in [0.1, 0.15) is 0 Å². The van der Waals surface area contributed by atoms with Gasteiger partial charge in [-0.2, -0.15) is 0 Å². The van der Waals surface area contributed by atoms with Crippen LogP contribution in [0.3, 0.4) is 0 Å². The maximum absolute atomic E-state index is 11.6.